The van der Waals surface area contributed by atoms with Crippen LogP contribution in [-0.2, 0) is 13.2 Å². The fraction of sp³-hybridized carbons (Fsp3) is 0.200. The molecule has 0 spiro atoms. The lowest BCUT2D eigenvalue weighted by molar-refractivity contribution is 0.272. The summed E-state index contributed by atoms with van der Waals surface area (Å²) >= 11 is 6.19. The molecule has 0 heterocycles. The van der Waals surface area contributed by atoms with E-state index in [9.17, 15) is 5.11 Å². The Morgan fingerprint density at radius 3 is 2.47 bits per heavy atom. The fourth-order valence-corrected chi connectivity index (χ4v) is 2.00. The lowest BCUT2D eigenvalue weighted by Gasteiger charge is -2.14. The Morgan fingerprint density at radius 2 is 1.84 bits per heavy atom. The van der Waals surface area contributed by atoms with Crippen LogP contribution in [0, 0.1) is 0 Å². The lowest BCUT2D eigenvalue weighted by atomic mass is 10.2. The predicted molar refractivity (Wildman–Crippen MR) is 74.7 cm³/mol. The number of halogens is 1. The molecule has 2 rings (SSSR count). The van der Waals surface area contributed by atoms with Gasteiger partial charge in [0.1, 0.15) is 6.61 Å². The Hall–Kier alpha value is -1.71. The van der Waals surface area contributed by atoms with Crippen LogP contribution in [0.3, 0.4) is 0 Å². The van der Waals surface area contributed by atoms with Gasteiger partial charge in [0.15, 0.2) is 11.5 Å². The number of ether oxygens (including phenoxy) is 2. The van der Waals surface area contributed by atoms with Crippen LogP contribution in [0.5, 0.6) is 11.5 Å². The van der Waals surface area contributed by atoms with Crippen molar-refractivity contribution >= 4 is 11.6 Å². The molecule has 0 amide bonds. The number of methoxy groups -OCH3 is 1. The zero-order chi connectivity index (χ0) is 13.7. The van der Waals surface area contributed by atoms with Gasteiger partial charge in [0.05, 0.1) is 18.7 Å². The van der Waals surface area contributed by atoms with Crippen LogP contribution in [0.1, 0.15) is 11.1 Å². The lowest BCUT2D eigenvalue weighted by Crippen LogP contribution is -2.00. The molecule has 0 bridgehead atoms. The van der Waals surface area contributed by atoms with Gasteiger partial charge in [-0.2, -0.15) is 0 Å². The molecule has 0 aromatic heterocycles. The topological polar surface area (TPSA) is 38.7 Å². The third-order valence-corrected chi connectivity index (χ3v) is 3.17. The van der Waals surface area contributed by atoms with E-state index in [4.69, 9.17) is 21.1 Å². The van der Waals surface area contributed by atoms with Crippen LogP contribution >= 0.6 is 11.6 Å². The van der Waals surface area contributed by atoms with E-state index in [-0.39, 0.29) is 6.61 Å². The highest BCUT2D eigenvalue weighted by Gasteiger charge is 2.13. The summed E-state index contributed by atoms with van der Waals surface area (Å²) in [5.74, 6) is 1.01. The molecule has 0 radical (unpaired) electrons. The quantitative estimate of drug-likeness (QED) is 0.911. The third-order valence-electron chi connectivity index (χ3n) is 2.76. The minimum Gasteiger partial charge on any atom is -0.493 e. The van der Waals surface area contributed by atoms with Crippen molar-refractivity contribution in [1.29, 1.82) is 0 Å². The summed E-state index contributed by atoms with van der Waals surface area (Å²) in [7, 11) is 1.56. The van der Waals surface area contributed by atoms with E-state index in [1.54, 1.807) is 19.2 Å². The summed E-state index contributed by atoms with van der Waals surface area (Å²) in [4.78, 5) is 0. The van der Waals surface area contributed by atoms with Crippen LogP contribution in [0.15, 0.2) is 42.5 Å². The minimum atomic E-state index is -0.134. The smallest absolute Gasteiger partial charge is 0.180 e. The van der Waals surface area contributed by atoms with Gasteiger partial charge in [-0.3, -0.25) is 0 Å². The van der Waals surface area contributed by atoms with Crippen molar-refractivity contribution in [2.45, 2.75) is 13.2 Å². The van der Waals surface area contributed by atoms with Gasteiger partial charge in [-0.05, 0) is 11.6 Å². The number of hydrogen-bond acceptors (Lipinski definition) is 3. The molecule has 4 heteroatoms. The van der Waals surface area contributed by atoms with Gasteiger partial charge in [-0.1, -0.05) is 48.0 Å². The van der Waals surface area contributed by atoms with Crippen molar-refractivity contribution in [2.75, 3.05) is 7.11 Å². The highest BCUT2D eigenvalue weighted by Crippen LogP contribution is 2.38. The van der Waals surface area contributed by atoms with Gasteiger partial charge in [0.25, 0.3) is 0 Å². The van der Waals surface area contributed by atoms with E-state index in [1.807, 2.05) is 30.3 Å². The average molecular weight is 279 g/mol. The first-order chi connectivity index (χ1) is 9.26. The highest BCUT2D eigenvalue weighted by atomic mass is 35.5. The minimum absolute atomic E-state index is 0.134. The maximum atomic E-state index is 9.21. The van der Waals surface area contributed by atoms with E-state index < -0.39 is 0 Å². The van der Waals surface area contributed by atoms with Gasteiger partial charge in [-0.25, -0.2) is 0 Å². The van der Waals surface area contributed by atoms with Crippen LogP contribution in [0.25, 0.3) is 0 Å². The van der Waals surface area contributed by atoms with Crippen LogP contribution in [-0.4, -0.2) is 12.2 Å². The van der Waals surface area contributed by atoms with E-state index in [0.29, 0.717) is 28.7 Å². The normalized spacial score (nSPS) is 10.3. The van der Waals surface area contributed by atoms with E-state index in [0.717, 1.165) is 5.56 Å². The molecule has 2 aromatic rings. The number of rotatable bonds is 5. The number of hydrogen-bond donors (Lipinski definition) is 1. The second-order valence-corrected chi connectivity index (χ2v) is 4.38. The molecule has 0 unspecified atom stereocenters. The third kappa shape index (κ3) is 3.19. The van der Waals surface area contributed by atoms with Crippen LogP contribution in [0.2, 0.25) is 5.02 Å². The molecule has 0 saturated heterocycles. The molecule has 2 aromatic carbocycles. The van der Waals surface area contributed by atoms with Crippen molar-refractivity contribution in [1.82, 2.24) is 0 Å². The van der Waals surface area contributed by atoms with Crippen LogP contribution in [0.4, 0.5) is 0 Å². The van der Waals surface area contributed by atoms with Crippen molar-refractivity contribution in [3.05, 3.63) is 58.6 Å². The van der Waals surface area contributed by atoms with Gasteiger partial charge in [-0.15, -0.1) is 0 Å². The second-order valence-electron chi connectivity index (χ2n) is 4.00. The van der Waals surface area contributed by atoms with Gasteiger partial charge >= 0.3 is 0 Å². The molecule has 0 aliphatic carbocycles. The van der Waals surface area contributed by atoms with Crippen molar-refractivity contribution in [3.63, 3.8) is 0 Å². The molecule has 19 heavy (non-hydrogen) atoms. The summed E-state index contributed by atoms with van der Waals surface area (Å²) in [5.41, 5.74) is 1.65. The Morgan fingerprint density at radius 1 is 1.11 bits per heavy atom. The summed E-state index contributed by atoms with van der Waals surface area (Å²) in [6.07, 6.45) is 0. The molecular formula is C15H15ClO3. The van der Waals surface area contributed by atoms with Crippen molar-refractivity contribution in [2.24, 2.45) is 0 Å². The standard InChI is InChI=1S/C15H15ClO3/c1-18-13-8-7-12(9-17)14(16)15(13)19-10-11-5-3-2-4-6-11/h2-8,17H,9-10H2,1H3. The van der Waals surface area contributed by atoms with E-state index in [1.165, 1.54) is 0 Å². The predicted octanol–water partition coefficient (Wildman–Crippen LogP) is 3.42. The zero-order valence-electron chi connectivity index (χ0n) is 10.6. The molecular weight excluding hydrogens is 264 g/mol. The molecule has 1 N–H and O–H groups in total. The zero-order valence-corrected chi connectivity index (χ0v) is 11.4. The Labute approximate surface area is 117 Å². The first-order valence-corrected chi connectivity index (χ1v) is 6.27. The van der Waals surface area contributed by atoms with E-state index in [2.05, 4.69) is 0 Å². The molecule has 3 nitrogen and oxygen atoms in total. The molecule has 0 fully saturated rings. The molecule has 0 aliphatic heterocycles. The van der Waals surface area contributed by atoms with Gasteiger partial charge in [0, 0.05) is 5.56 Å². The SMILES string of the molecule is COc1ccc(CO)c(Cl)c1OCc1ccccc1. The van der Waals surface area contributed by atoms with Gasteiger partial charge in [0.2, 0.25) is 0 Å². The summed E-state index contributed by atoms with van der Waals surface area (Å²) in [5, 5.41) is 9.60. The summed E-state index contributed by atoms with van der Waals surface area (Å²) < 4.78 is 10.9. The number of benzene rings is 2. The first kappa shape index (κ1) is 13.7. The fourth-order valence-electron chi connectivity index (χ4n) is 1.73. The highest BCUT2D eigenvalue weighted by molar-refractivity contribution is 6.33. The van der Waals surface area contributed by atoms with Crippen molar-refractivity contribution < 1.29 is 14.6 Å². The Balaban J connectivity index is 2.23. The summed E-state index contributed by atoms with van der Waals surface area (Å²) in [6, 6.07) is 13.2. The number of aliphatic hydroxyl groups excluding tert-OH is 1. The molecule has 0 atom stereocenters. The largest absolute Gasteiger partial charge is 0.493 e. The van der Waals surface area contributed by atoms with Gasteiger partial charge < -0.3 is 14.6 Å². The second kappa shape index (κ2) is 6.45. The molecule has 0 aliphatic rings. The maximum Gasteiger partial charge on any atom is 0.180 e. The number of aliphatic hydroxyl groups is 1. The van der Waals surface area contributed by atoms with Crippen LogP contribution < -0.4 is 9.47 Å². The van der Waals surface area contributed by atoms with Crippen molar-refractivity contribution in [3.8, 4) is 11.5 Å². The first-order valence-electron chi connectivity index (χ1n) is 5.89. The van der Waals surface area contributed by atoms with E-state index >= 15 is 0 Å². The monoisotopic (exact) mass is 278 g/mol. The Kier molecular flexibility index (Phi) is 4.66. The Bertz CT molecular complexity index is 541. The average Bonchev–Trinajstić information content (AvgIpc) is 2.46. The molecule has 100 valence electrons. The summed E-state index contributed by atoms with van der Waals surface area (Å²) in [6.45, 7) is 0.260. The molecule has 0 saturated carbocycles. The maximum absolute atomic E-state index is 9.21.